The Kier molecular flexibility index (Phi) is 3.58. The molecule has 0 spiro atoms. The Bertz CT molecular complexity index is 488. The molecule has 0 aliphatic rings. The third-order valence-electron chi connectivity index (χ3n) is 2.71. The van der Waals surface area contributed by atoms with Crippen molar-refractivity contribution in [2.24, 2.45) is 5.84 Å². The van der Waals surface area contributed by atoms with Gasteiger partial charge in [-0.3, -0.25) is 5.84 Å². The van der Waals surface area contributed by atoms with Crippen LogP contribution in [-0.4, -0.2) is 6.18 Å². The van der Waals surface area contributed by atoms with E-state index in [-0.39, 0.29) is 6.42 Å². The van der Waals surface area contributed by atoms with E-state index in [0.717, 1.165) is 5.39 Å². The highest BCUT2D eigenvalue weighted by Crippen LogP contribution is 2.30. The zero-order valence-electron chi connectivity index (χ0n) is 9.50. The number of hydrogen-bond donors (Lipinski definition) is 2. The van der Waals surface area contributed by atoms with Gasteiger partial charge in [0.05, 0.1) is 6.04 Å². The van der Waals surface area contributed by atoms with Gasteiger partial charge in [0.1, 0.15) is 11.3 Å². The van der Waals surface area contributed by atoms with Crippen LogP contribution in [0, 0.1) is 0 Å². The van der Waals surface area contributed by atoms with E-state index in [1.54, 1.807) is 18.2 Å². The molecule has 1 aromatic carbocycles. The van der Waals surface area contributed by atoms with Gasteiger partial charge in [0.25, 0.3) is 0 Å². The summed E-state index contributed by atoms with van der Waals surface area (Å²) in [6.45, 7) is 0. The minimum Gasteiger partial charge on any atom is -0.459 e. The van der Waals surface area contributed by atoms with Crippen LogP contribution in [0.5, 0.6) is 0 Å². The third-order valence-corrected chi connectivity index (χ3v) is 2.71. The molecule has 0 aliphatic heterocycles. The summed E-state index contributed by atoms with van der Waals surface area (Å²) in [5, 5.41) is 0.847. The Labute approximate surface area is 102 Å². The van der Waals surface area contributed by atoms with Gasteiger partial charge >= 0.3 is 6.18 Å². The summed E-state index contributed by atoms with van der Waals surface area (Å²) in [5.74, 6) is 5.70. The molecule has 0 radical (unpaired) electrons. The van der Waals surface area contributed by atoms with Crippen molar-refractivity contribution in [2.45, 2.75) is 25.1 Å². The van der Waals surface area contributed by atoms with Crippen LogP contribution >= 0.6 is 0 Å². The largest absolute Gasteiger partial charge is 0.459 e. The number of fused-ring (bicyclic) bond motifs is 1. The van der Waals surface area contributed by atoms with Gasteiger partial charge in [0.2, 0.25) is 0 Å². The van der Waals surface area contributed by atoms with Crippen molar-refractivity contribution in [1.82, 2.24) is 5.43 Å². The lowest BCUT2D eigenvalue weighted by Gasteiger charge is -2.14. The van der Waals surface area contributed by atoms with Gasteiger partial charge in [-0.15, -0.1) is 0 Å². The Hall–Kier alpha value is -1.53. The molecule has 0 aliphatic carbocycles. The lowest BCUT2D eigenvalue weighted by atomic mass is 10.1. The SMILES string of the molecule is NNC(CCC(F)(F)F)c1cc2ccccc2o1. The third kappa shape index (κ3) is 3.02. The van der Waals surface area contributed by atoms with Gasteiger partial charge in [-0.25, -0.2) is 5.43 Å². The second-order valence-electron chi connectivity index (χ2n) is 4.06. The van der Waals surface area contributed by atoms with Gasteiger partial charge in [-0.2, -0.15) is 13.2 Å². The Morgan fingerprint density at radius 3 is 2.61 bits per heavy atom. The van der Waals surface area contributed by atoms with Crippen molar-refractivity contribution in [3.63, 3.8) is 0 Å². The maximum Gasteiger partial charge on any atom is 0.389 e. The molecule has 18 heavy (non-hydrogen) atoms. The van der Waals surface area contributed by atoms with E-state index in [2.05, 4.69) is 5.43 Å². The zero-order chi connectivity index (χ0) is 13.2. The number of furan rings is 1. The van der Waals surface area contributed by atoms with Crippen LogP contribution in [0.1, 0.15) is 24.6 Å². The molecule has 3 N–H and O–H groups in total. The fourth-order valence-electron chi connectivity index (χ4n) is 1.79. The Balaban J connectivity index is 2.16. The number of benzene rings is 1. The normalized spacial score (nSPS) is 14.0. The number of rotatable bonds is 4. The smallest absolute Gasteiger partial charge is 0.389 e. The van der Waals surface area contributed by atoms with Crippen LogP contribution in [0.4, 0.5) is 13.2 Å². The van der Waals surface area contributed by atoms with Gasteiger partial charge in [-0.05, 0) is 18.6 Å². The van der Waals surface area contributed by atoms with E-state index in [1.807, 2.05) is 12.1 Å². The van der Waals surface area contributed by atoms with Gasteiger partial charge < -0.3 is 4.42 Å². The van der Waals surface area contributed by atoms with E-state index in [1.165, 1.54) is 0 Å². The Morgan fingerprint density at radius 2 is 2.00 bits per heavy atom. The molecule has 0 saturated heterocycles. The highest BCUT2D eigenvalue weighted by Gasteiger charge is 2.29. The van der Waals surface area contributed by atoms with Crippen molar-refractivity contribution >= 4 is 11.0 Å². The van der Waals surface area contributed by atoms with Gasteiger partial charge in [-0.1, -0.05) is 18.2 Å². The van der Waals surface area contributed by atoms with Crippen LogP contribution in [0.15, 0.2) is 34.7 Å². The summed E-state index contributed by atoms with van der Waals surface area (Å²) in [5.41, 5.74) is 3.00. The van der Waals surface area contributed by atoms with Crippen molar-refractivity contribution in [2.75, 3.05) is 0 Å². The number of hydrazine groups is 1. The second-order valence-corrected chi connectivity index (χ2v) is 4.06. The van der Waals surface area contributed by atoms with Crippen molar-refractivity contribution < 1.29 is 17.6 Å². The van der Waals surface area contributed by atoms with Crippen LogP contribution in [0.2, 0.25) is 0 Å². The number of alkyl halides is 3. The average molecular weight is 258 g/mol. The maximum absolute atomic E-state index is 12.2. The van der Waals surface area contributed by atoms with Crippen molar-refractivity contribution in [3.05, 3.63) is 36.1 Å². The summed E-state index contributed by atoms with van der Waals surface area (Å²) in [6, 6.07) is 8.30. The zero-order valence-corrected chi connectivity index (χ0v) is 9.50. The first kappa shape index (κ1) is 12.9. The monoisotopic (exact) mass is 258 g/mol. The first-order chi connectivity index (χ1) is 8.49. The van der Waals surface area contributed by atoms with E-state index >= 15 is 0 Å². The molecule has 3 nitrogen and oxygen atoms in total. The highest BCUT2D eigenvalue weighted by atomic mass is 19.4. The number of nitrogens with one attached hydrogen (secondary N) is 1. The maximum atomic E-state index is 12.2. The minimum absolute atomic E-state index is 0.153. The molecule has 1 unspecified atom stereocenters. The summed E-state index contributed by atoms with van der Waals surface area (Å²) in [6.07, 6.45) is -5.25. The van der Waals surface area contributed by atoms with E-state index in [9.17, 15) is 13.2 Å². The summed E-state index contributed by atoms with van der Waals surface area (Å²) in [7, 11) is 0. The molecule has 2 aromatic rings. The van der Waals surface area contributed by atoms with E-state index in [0.29, 0.717) is 11.3 Å². The highest BCUT2D eigenvalue weighted by molar-refractivity contribution is 5.77. The number of halogens is 3. The van der Waals surface area contributed by atoms with Crippen molar-refractivity contribution in [1.29, 1.82) is 0 Å². The van der Waals surface area contributed by atoms with Crippen molar-refractivity contribution in [3.8, 4) is 0 Å². The summed E-state index contributed by atoms with van der Waals surface area (Å²) < 4.78 is 42.0. The molecule has 2 rings (SSSR count). The molecule has 6 heteroatoms. The van der Waals surface area contributed by atoms with Crippen LogP contribution < -0.4 is 11.3 Å². The lowest BCUT2D eigenvalue weighted by Crippen LogP contribution is -2.28. The first-order valence-corrected chi connectivity index (χ1v) is 5.51. The number of para-hydroxylation sites is 1. The quantitative estimate of drug-likeness (QED) is 0.653. The molecule has 1 aromatic heterocycles. The van der Waals surface area contributed by atoms with Crippen LogP contribution in [0.3, 0.4) is 0 Å². The molecule has 1 heterocycles. The molecule has 1 atom stereocenters. The minimum atomic E-state index is -4.19. The standard InChI is InChI=1S/C12H13F3N2O/c13-12(14,15)6-5-9(17-16)11-7-8-3-1-2-4-10(8)18-11/h1-4,7,9,17H,5-6,16H2. The molecule has 0 fully saturated rings. The summed E-state index contributed by atoms with van der Waals surface area (Å²) >= 11 is 0. The first-order valence-electron chi connectivity index (χ1n) is 5.51. The fourth-order valence-corrected chi connectivity index (χ4v) is 1.79. The molecule has 0 saturated carbocycles. The topological polar surface area (TPSA) is 51.2 Å². The van der Waals surface area contributed by atoms with Crippen LogP contribution in [0.25, 0.3) is 11.0 Å². The van der Waals surface area contributed by atoms with Gasteiger partial charge in [0, 0.05) is 11.8 Å². The van der Waals surface area contributed by atoms with E-state index in [4.69, 9.17) is 10.3 Å². The number of nitrogens with two attached hydrogens (primary N) is 1. The van der Waals surface area contributed by atoms with E-state index < -0.39 is 18.6 Å². The predicted molar refractivity (Wildman–Crippen MR) is 61.6 cm³/mol. The molecular weight excluding hydrogens is 245 g/mol. The molecular formula is C12H13F3N2O. The predicted octanol–water partition coefficient (Wildman–Crippen LogP) is 3.28. The molecule has 98 valence electrons. The summed E-state index contributed by atoms with van der Waals surface area (Å²) in [4.78, 5) is 0. The molecule has 0 bridgehead atoms. The Morgan fingerprint density at radius 1 is 1.28 bits per heavy atom. The lowest BCUT2D eigenvalue weighted by molar-refractivity contribution is -0.136. The van der Waals surface area contributed by atoms with Gasteiger partial charge in [0.15, 0.2) is 0 Å². The fraction of sp³-hybridized carbons (Fsp3) is 0.333. The van der Waals surface area contributed by atoms with Crippen LogP contribution in [-0.2, 0) is 0 Å². The average Bonchev–Trinajstić information content (AvgIpc) is 2.71. The number of hydrogen-bond acceptors (Lipinski definition) is 3. The second kappa shape index (κ2) is 4.99. The molecule has 0 amide bonds.